The molecular formula is C7H14N4O3. The van der Waals surface area contributed by atoms with E-state index in [-0.39, 0.29) is 12.0 Å². The topological polar surface area (TPSA) is 100 Å². The molecule has 0 saturated carbocycles. The molecule has 1 unspecified atom stereocenters. The molecule has 0 aromatic rings. The Kier molecular flexibility index (Phi) is 3.38. The molecule has 14 heavy (non-hydrogen) atoms. The van der Waals surface area contributed by atoms with Crippen molar-refractivity contribution in [1.29, 1.82) is 0 Å². The maximum Gasteiger partial charge on any atom is 0.407 e. The van der Waals surface area contributed by atoms with E-state index in [0.29, 0.717) is 13.1 Å². The highest BCUT2D eigenvalue weighted by molar-refractivity contribution is 5.77. The van der Waals surface area contributed by atoms with Crippen molar-refractivity contribution in [2.24, 2.45) is 10.9 Å². The van der Waals surface area contributed by atoms with Crippen LogP contribution in [0.2, 0.25) is 0 Å². The number of ether oxygens (including phenoxy) is 1. The van der Waals surface area contributed by atoms with Crippen molar-refractivity contribution in [3.63, 3.8) is 0 Å². The Labute approximate surface area is 81.5 Å². The van der Waals surface area contributed by atoms with Gasteiger partial charge >= 0.3 is 6.09 Å². The van der Waals surface area contributed by atoms with Crippen LogP contribution in [0.3, 0.4) is 0 Å². The molecule has 1 fully saturated rings. The number of alkyl carbamates (subject to hydrolysis) is 1. The summed E-state index contributed by atoms with van der Waals surface area (Å²) >= 11 is 0. The van der Waals surface area contributed by atoms with Gasteiger partial charge in [0, 0.05) is 13.1 Å². The quantitative estimate of drug-likeness (QED) is 0.222. The van der Waals surface area contributed by atoms with E-state index in [1.807, 2.05) is 0 Å². The zero-order chi connectivity index (χ0) is 10.6. The van der Waals surface area contributed by atoms with Gasteiger partial charge in [-0.2, -0.15) is 0 Å². The van der Waals surface area contributed by atoms with E-state index in [1.54, 1.807) is 4.90 Å². The highest BCUT2D eigenvalue weighted by Crippen LogP contribution is 2.08. The molecular weight excluding hydrogens is 188 g/mol. The molecule has 7 heteroatoms. The van der Waals surface area contributed by atoms with Gasteiger partial charge in [-0.1, -0.05) is 5.16 Å². The molecule has 1 saturated heterocycles. The fourth-order valence-electron chi connectivity index (χ4n) is 1.38. The third-order valence-corrected chi connectivity index (χ3v) is 2.12. The van der Waals surface area contributed by atoms with E-state index >= 15 is 0 Å². The Morgan fingerprint density at radius 1 is 1.79 bits per heavy atom. The van der Waals surface area contributed by atoms with Gasteiger partial charge in [0.05, 0.1) is 13.2 Å². The Hall–Kier alpha value is -1.66. The van der Waals surface area contributed by atoms with Crippen LogP contribution in [0.4, 0.5) is 4.79 Å². The summed E-state index contributed by atoms with van der Waals surface area (Å²) in [5.41, 5.74) is 5.39. The Bertz CT molecular complexity index is 243. The number of hydrogen-bond acceptors (Lipinski definition) is 4. The molecule has 80 valence electrons. The second kappa shape index (κ2) is 4.54. The maximum absolute atomic E-state index is 10.9. The first-order chi connectivity index (χ1) is 6.67. The van der Waals surface area contributed by atoms with Crippen LogP contribution in [0.15, 0.2) is 5.16 Å². The highest BCUT2D eigenvalue weighted by Gasteiger charge is 2.25. The molecule has 1 atom stereocenters. The van der Waals surface area contributed by atoms with Crippen LogP contribution in [0.5, 0.6) is 0 Å². The van der Waals surface area contributed by atoms with Gasteiger partial charge in [-0.25, -0.2) is 4.79 Å². The Morgan fingerprint density at radius 3 is 3.07 bits per heavy atom. The number of nitrogens with zero attached hydrogens (tertiary/aromatic N) is 2. The molecule has 0 aliphatic carbocycles. The fourth-order valence-corrected chi connectivity index (χ4v) is 1.38. The fraction of sp³-hybridized carbons (Fsp3) is 0.714. The van der Waals surface area contributed by atoms with Gasteiger partial charge in [0.2, 0.25) is 5.96 Å². The third kappa shape index (κ3) is 2.41. The van der Waals surface area contributed by atoms with E-state index in [1.165, 1.54) is 7.11 Å². The second-order valence-electron chi connectivity index (χ2n) is 3.03. The number of hydrogen-bond donors (Lipinski definition) is 3. The molecule has 1 amide bonds. The summed E-state index contributed by atoms with van der Waals surface area (Å²) < 4.78 is 4.45. The van der Waals surface area contributed by atoms with Crippen LogP contribution in [0, 0.1) is 0 Å². The van der Waals surface area contributed by atoms with E-state index in [0.717, 1.165) is 6.42 Å². The average Bonchev–Trinajstić information content (AvgIpc) is 2.65. The minimum Gasteiger partial charge on any atom is -0.453 e. The molecule has 1 aliphatic rings. The summed E-state index contributed by atoms with van der Waals surface area (Å²) in [5, 5.41) is 13.9. The smallest absolute Gasteiger partial charge is 0.407 e. The maximum atomic E-state index is 10.9. The second-order valence-corrected chi connectivity index (χ2v) is 3.03. The number of guanidine groups is 1. The number of carbonyl (C=O) groups is 1. The number of nitrogens with one attached hydrogen (secondary N) is 1. The lowest BCUT2D eigenvalue weighted by Gasteiger charge is -2.15. The normalized spacial score (nSPS) is 22.2. The van der Waals surface area contributed by atoms with Gasteiger partial charge in [0.1, 0.15) is 0 Å². The van der Waals surface area contributed by atoms with Crippen molar-refractivity contribution in [2.45, 2.75) is 12.5 Å². The van der Waals surface area contributed by atoms with E-state index in [2.05, 4.69) is 15.2 Å². The summed E-state index contributed by atoms with van der Waals surface area (Å²) in [4.78, 5) is 12.5. The van der Waals surface area contributed by atoms with Gasteiger partial charge in [0.15, 0.2) is 0 Å². The van der Waals surface area contributed by atoms with E-state index < -0.39 is 6.09 Å². The van der Waals surface area contributed by atoms with E-state index in [9.17, 15) is 4.79 Å². The van der Waals surface area contributed by atoms with Gasteiger partial charge in [0.25, 0.3) is 0 Å². The number of rotatable bonds is 1. The minimum atomic E-state index is -0.462. The van der Waals surface area contributed by atoms with Crippen LogP contribution in [-0.2, 0) is 4.74 Å². The molecule has 0 spiro atoms. The number of nitrogens with two attached hydrogens (primary N) is 1. The molecule has 4 N–H and O–H groups in total. The minimum absolute atomic E-state index is 0.0113. The van der Waals surface area contributed by atoms with Crippen molar-refractivity contribution in [3.8, 4) is 0 Å². The average molecular weight is 202 g/mol. The summed E-state index contributed by atoms with van der Waals surface area (Å²) in [5.74, 6) is 0.0687. The largest absolute Gasteiger partial charge is 0.453 e. The summed E-state index contributed by atoms with van der Waals surface area (Å²) in [6.07, 6.45) is 0.294. The van der Waals surface area contributed by atoms with Gasteiger partial charge in [-0.15, -0.1) is 0 Å². The zero-order valence-corrected chi connectivity index (χ0v) is 7.93. The first kappa shape index (κ1) is 10.4. The zero-order valence-electron chi connectivity index (χ0n) is 7.93. The predicted molar refractivity (Wildman–Crippen MR) is 48.9 cm³/mol. The number of likely N-dealkylation sites (tertiary alicyclic amines) is 1. The van der Waals surface area contributed by atoms with Crippen LogP contribution in [-0.4, -0.2) is 48.4 Å². The molecule has 1 rings (SSSR count). The number of amides is 1. The summed E-state index contributed by atoms with van der Waals surface area (Å²) in [7, 11) is 1.31. The molecule has 7 nitrogen and oxygen atoms in total. The molecule has 1 heterocycles. The first-order valence-corrected chi connectivity index (χ1v) is 4.24. The lowest BCUT2D eigenvalue weighted by Crippen LogP contribution is -2.40. The van der Waals surface area contributed by atoms with Crippen molar-refractivity contribution in [1.82, 2.24) is 10.2 Å². The summed E-state index contributed by atoms with van der Waals surface area (Å²) in [6.45, 7) is 1.19. The van der Waals surface area contributed by atoms with Crippen molar-refractivity contribution < 1.29 is 14.7 Å². The molecule has 0 bridgehead atoms. The van der Waals surface area contributed by atoms with Crippen LogP contribution < -0.4 is 11.1 Å². The molecule has 1 aliphatic heterocycles. The number of oxime groups is 1. The Morgan fingerprint density at radius 2 is 2.50 bits per heavy atom. The van der Waals surface area contributed by atoms with Gasteiger partial charge in [-0.05, 0) is 6.42 Å². The molecule has 0 aromatic carbocycles. The molecule has 0 aromatic heterocycles. The van der Waals surface area contributed by atoms with Crippen LogP contribution >= 0.6 is 0 Å². The lowest BCUT2D eigenvalue weighted by atomic mass is 10.3. The summed E-state index contributed by atoms with van der Waals surface area (Å²) in [6, 6.07) is -0.0113. The highest BCUT2D eigenvalue weighted by atomic mass is 16.5. The van der Waals surface area contributed by atoms with Crippen LogP contribution in [0.25, 0.3) is 0 Å². The number of carbonyl (C=O) groups excluding carboxylic acids is 1. The predicted octanol–water partition coefficient (Wildman–Crippen LogP) is -0.879. The van der Waals surface area contributed by atoms with Gasteiger partial charge in [-0.3, -0.25) is 0 Å². The van der Waals surface area contributed by atoms with Crippen molar-refractivity contribution in [3.05, 3.63) is 0 Å². The standard InChI is InChI=1S/C7H14N4O3/c1-14-7(12)9-5-2-3-11(4-5)6(8)10-13/h5,13H,2-4H2,1H3,(H2,8,10)(H,9,12). The van der Waals surface area contributed by atoms with Crippen molar-refractivity contribution >= 4 is 12.1 Å². The lowest BCUT2D eigenvalue weighted by molar-refractivity contribution is 0.167. The van der Waals surface area contributed by atoms with Gasteiger partial charge < -0.3 is 25.9 Å². The monoisotopic (exact) mass is 202 g/mol. The number of methoxy groups -OCH3 is 1. The molecule has 0 radical (unpaired) electrons. The van der Waals surface area contributed by atoms with Crippen LogP contribution in [0.1, 0.15) is 6.42 Å². The van der Waals surface area contributed by atoms with Crippen molar-refractivity contribution in [2.75, 3.05) is 20.2 Å². The Balaban J connectivity index is 2.38. The van der Waals surface area contributed by atoms with E-state index in [4.69, 9.17) is 10.9 Å². The third-order valence-electron chi connectivity index (χ3n) is 2.12. The first-order valence-electron chi connectivity index (χ1n) is 4.24. The SMILES string of the molecule is COC(=O)NC1CCN(/C(N)=N/O)C1.